The number of anilines is 1. The van der Waals surface area contributed by atoms with Crippen LogP contribution in [0, 0.1) is 6.92 Å². The Kier molecular flexibility index (Phi) is 7.53. The van der Waals surface area contributed by atoms with Crippen LogP contribution in [-0.2, 0) is 14.3 Å². The quantitative estimate of drug-likeness (QED) is 0.723. The van der Waals surface area contributed by atoms with Crippen molar-refractivity contribution in [2.75, 3.05) is 18.9 Å². The van der Waals surface area contributed by atoms with Crippen LogP contribution >= 0.6 is 0 Å². The van der Waals surface area contributed by atoms with Crippen molar-refractivity contribution in [1.82, 2.24) is 4.90 Å². The summed E-state index contributed by atoms with van der Waals surface area (Å²) in [6, 6.07) is 14.5. The number of hydrogen-bond donors (Lipinski definition) is 1. The second-order valence-corrected chi connectivity index (χ2v) is 7.43. The molecule has 0 radical (unpaired) electrons. The summed E-state index contributed by atoms with van der Waals surface area (Å²) in [6.07, 6.45) is -0.996. The van der Waals surface area contributed by atoms with E-state index in [-0.39, 0.29) is 12.5 Å². The first-order valence-electron chi connectivity index (χ1n) is 9.59. The molecule has 6 nitrogen and oxygen atoms in total. The number of likely N-dealkylation sites (N-methyl/N-ethyl adjacent to an activating group) is 1. The van der Waals surface area contributed by atoms with Crippen LogP contribution in [0.25, 0.3) is 0 Å². The van der Waals surface area contributed by atoms with Gasteiger partial charge in [-0.15, -0.1) is 0 Å². The number of nitrogens with one attached hydrogen (secondary N) is 1. The molecule has 0 aliphatic rings. The first-order valence-corrected chi connectivity index (χ1v) is 9.59. The highest BCUT2D eigenvalue weighted by Crippen LogP contribution is 2.16. The maximum atomic E-state index is 12.5. The fourth-order valence-corrected chi connectivity index (χ4v) is 2.72. The number of benzene rings is 2. The molecule has 0 fully saturated rings. The second kappa shape index (κ2) is 9.87. The molecule has 2 aromatic carbocycles. The van der Waals surface area contributed by atoms with Gasteiger partial charge in [-0.2, -0.15) is 0 Å². The van der Waals surface area contributed by atoms with Crippen LogP contribution in [0.1, 0.15) is 48.2 Å². The smallest absolute Gasteiger partial charge is 0.338 e. The molecule has 2 amide bonds. The third-order valence-electron chi connectivity index (χ3n) is 4.54. The minimum atomic E-state index is -0.996. The zero-order valence-electron chi connectivity index (χ0n) is 17.6. The number of esters is 1. The molecule has 2 aromatic rings. The van der Waals surface area contributed by atoms with E-state index < -0.39 is 18.0 Å². The molecule has 6 heteroatoms. The summed E-state index contributed by atoms with van der Waals surface area (Å²) in [7, 11) is 1.50. The minimum absolute atomic E-state index is 0.141. The molecule has 0 unspecified atom stereocenters. The van der Waals surface area contributed by atoms with Crippen molar-refractivity contribution in [3.05, 3.63) is 65.2 Å². The fraction of sp³-hybridized carbons (Fsp3) is 0.348. The van der Waals surface area contributed by atoms with Crippen molar-refractivity contribution in [3.8, 4) is 0 Å². The van der Waals surface area contributed by atoms with Gasteiger partial charge in [0, 0.05) is 12.7 Å². The van der Waals surface area contributed by atoms with E-state index in [1.165, 1.54) is 18.9 Å². The second-order valence-electron chi connectivity index (χ2n) is 7.43. The Morgan fingerprint density at radius 2 is 1.55 bits per heavy atom. The van der Waals surface area contributed by atoms with E-state index in [0.717, 1.165) is 11.1 Å². The van der Waals surface area contributed by atoms with Gasteiger partial charge in [-0.3, -0.25) is 9.59 Å². The molecule has 0 aliphatic heterocycles. The third-order valence-corrected chi connectivity index (χ3v) is 4.54. The Balaban J connectivity index is 1.88. The van der Waals surface area contributed by atoms with Crippen LogP contribution in [0.4, 0.5) is 5.69 Å². The highest BCUT2D eigenvalue weighted by molar-refractivity contribution is 5.96. The highest BCUT2D eigenvalue weighted by atomic mass is 16.5. The Labute approximate surface area is 171 Å². The van der Waals surface area contributed by atoms with E-state index in [0.29, 0.717) is 17.2 Å². The molecule has 154 valence electrons. The summed E-state index contributed by atoms with van der Waals surface area (Å²) >= 11 is 0. The lowest BCUT2D eigenvalue weighted by Crippen LogP contribution is -2.41. The van der Waals surface area contributed by atoms with Crippen molar-refractivity contribution in [2.45, 2.75) is 39.7 Å². The van der Waals surface area contributed by atoms with Gasteiger partial charge in [0.15, 0.2) is 6.10 Å². The van der Waals surface area contributed by atoms with Gasteiger partial charge in [-0.05, 0) is 49.6 Å². The number of nitrogens with zero attached hydrogens (tertiary/aromatic N) is 1. The summed E-state index contributed by atoms with van der Waals surface area (Å²) in [5, 5.41) is 2.73. The number of carbonyl (C=O) groups excluding carboxylic acids is 3. The van der Waals surface area contributed by atoms with Crippen LogP contribution in [-0.4, -0.2) is 42.4 Å². The Morgan fingerprint density at radius 1 is 0.966 bits per heavy atom. The van der Waals surface area contributed by atoms with Gasteiger partial charge in [0.05, 0.1) is 12.1 Å². The number of aryl methyl sites for hydroxylation is 1. The number of hydrogen-bond acceptors (Lipinski definition) is 4. The van der Waals surface area contributed by atoms with Crippen LogP contribution in [0.5, 0.6) is 0 Å². The molecule has 0 aromatic heterocycles. The van der Waals surface area contributed by atoms with Crippen LogP contribution in [0.15, 0.2) is 48.5 Å². The van der Waals surface area contributed by atoms with E-state index >= 15 is 0 Å². The van der Waals surface area contributed by atoms with Gasteiger partial charge < -0.3 is 15.0 Å². The first-order chi connectivity index (χ1) is 13.7. The zero-order valence-corrected chi connectivity index (χ0v) is 17.6. The number of rotatable bonds is 7. The van der Waals surface area contributed by atoms with E-state index in [2.05, 4.69) is 19.2 Å². The fourth-order valence-electron chi connectivity index (χ4n) is 2.72. The van der Waals surface area contributed by atoms with E-state index in [1.807, 2.05) is 31.2 Å². The van der Waals surface area contributed by atoms with Crippen molar-refractivity contribution in [1.29, 1.82) is 0 Å². The monoisotopic (exact) mass is 396 g/mol. The predicted octanol–water partition coefficient (Wildman–Crippen LogP) is 3.76. The molecular formula is C23H28N2O4. The van der Waals surface area contributed by atoms with Gasteiger partial charge in [-0.1, -0.05) is 43.7 Å². The standard InChI is InChI=1S/C23H28N2O4/c1-15(2)18-8-10-19(11-9-18)23(28)29-17(4)22(27)25(5)14-21(26)24-20-12-6-16(3)7-13-20/h6-13,15,17H,14H2,1-5H3,(H,24,26)/t17-/m1/s1. The molecule has 1 atom stereocenters. The molecule has 0 spiro atoms. The molecule has 0 heterocycles. The molecule has 29 heavy (non-hydrogen) atoms. The molecule has 0 saturated carbocycles. The van der Waals surface area contributed by atoms with Gasteiger partial charge in [0.25, 0.3) is 5.91 Å². The number of ether oxygens (including phenoxy) is 1. The number of amides is 2. The first kappa shape index (κ1) is 22.1. The van der Waals surface area contributed by atoms with Crippen LogP contribution in [0.3, 0.4) is 0 Å². The average Bonchev–Trinajstić information content (AvgIpc) is 2.68. The third kappa shape index (κ3) is 6.45. The molecule has 0 bridgehead atoms. The normalized spacial score (nSPS) is 11.7. The Hall–Kier alpha value is -3.15. The Morgan fingerprint density at radius 3 is 2.10 bits per heavy atom. The van der Waals surface area contributed by atoms with Crippen LogP contribution in [0.2, 0.25) is 0 Å². The maximum Gasteiger partial charge on any atom is 0.338 e. The van der Waals surface area contributed by atoms with Crippen molar-refractivity contribution in [2.24, 2.45) is 0 Å². The van der Waals surface area contributed by atoms with Gasteiger partial charge in [0.2, 0.25) is 5.91 Å². The van der Waals surface area contributed by atoms with Gasteiger partial charge in [0.1, 0.15) is 0 Å². The summed E-state index contributed by atoms with van der Waals surface area (Å²) in [4.78, 5) is 38.1. The van der Waals surface area contributed by atoms with Crippen molar-refractivity contribution in [3.63, 3.8) is 0 Å². The largest absolute Gasteiger partial charge is 0.449 e. The van der Waals surface area contributed by atoms with E-state index in [4.69, 9.17) is 4.74 Å². The Bertz CT molecular complexity index is 857. The lowest BCUT2D eigenvalue weighted by molar-refractivity contribution is -0.140. The summed E-state index contributed by atoms with van der Waals surface area (Å²) in [5.41, 5.74) is 3.24. The predicted molar refractivity (Wildman–Crippen MR) is 113 cm³/mol. The number of carbonyl (C=O) groups is 3. The minimum Gasteiger partial charge on any atom is -0.449 e. The lowest BCUT2D eigenvalue weighted by atomic mass is 10.0. The van der Waals surface area contributed by atoms with Gasteiger partial charge in [-0.25, -0.2) is 4.79 Å². The lowest BCUT2D eigenvalue weighted by Gasteiger charge is -2.21. The van der Waals surface area contributed by atoms with Crippen molar-refractivity contribution < 1.29 is 19.1 Å². The highest BCUT2D eigenvalue weighted by Gasteiger charge is 2.23. The SMILES string of the molecule is Cc1ccc(NC(=O)CN(C)C(=O)[C@@H](C)OC(=O)c2ccc(C(C)C)cc2)cc1. The zero-order chi connectivity index (χ0) is 21.6. The van der Waals surface area contributed by atoms with Gasteiger partial charge >= 0.3 is 5.97 Å². The van der Waals surface area contributed by atoms with Crippen molar-refractivity contribution >= 4 is 23.5 Å². The molecule has 0 saturated heterocycles. The average molecular weight is 396 g/mol. The topological polar surface area (TPSA) is 75.7 Å². The van der Waals surface area contributed by atoms with Crippen LogP contribution < -0.4 is 5.32 Å². The summed E-state index contributed by atoms with van der Waals surface area (Å²) in [6.45, 7) is 7.45. The maximum absolute atomic E-state index is 12.5. The van der Waals surface area contributed by atoms with E-state index in [9.17, 15) is 14.4 Å². The summed E-state index contributed by atoms with van der Waals surface area (Å²) < 4.78 is 5.27. The molecule has 1 N–H and O–H groups in total. The summed E-state index contributed by atoms with van der Waals surface area (Å²) in [5.74, 6) is -0.984. The van der Waals surface area contributed by atoms with E-state index in [1.54, 1.807) is 24.3 Å². The molecular weight excluding hydrogens is 368 g/mol. The molecule has 2 rings (SSSR count). The molecule has 0 aliphatic carbocycles.